The molecule has 0 amide bonds. The van der Waals surface area contributed by atoms with Crippen LogP contribution in [0.2, 0.25) is 0 Å². The lowest BCUT2D eigenvalue weighted by atomic mass is 10.2. The Morgan fingerprint density at radius 2 is 1.78 bits per heavy atom. The SMILES string of the molecule is CCc1cc(N2CCN(c3nc(C)nc4c3cnn4C)CC2)nc(SC)n1. The molecule has 3 aromatic heterocycles. The van der Waals surface area contributed by atoms with E-state index >= 15 is 0 Å². The maximum atomic E-state index is 4.71. The lowest BCUT2D eigenvalue weighted by Crippen LogP contribution is -2.47. The van der Waals surface area contributed by atoms with Gasteiger partial charge in [-0.05, 0) is 19.6 Å². The van der Waals surface area contributed by atoms with Crippen LogP contribution in [0.5, 0.6) is 0 Å². The Balaban J connectivity index is 1.56. The molecule has 0 N–H and O–H groups in total. The third-order valence-corrected chi connectivity index (χ3v) is 5.42. The van der Waals surface area contributed by atoms with Crippen LogP contribution in [0.15, 0.2) is 17.4 Å². The largest absolute Gasteiger partial charge is 0.353 e. The lowest BCUT2D eigenvalue weighted by Gasteiger charge is -2.36. The van der Waals surface area contributed by atoms with Gasteiger partial charge < -0.3 is 9.80 Å². The first-order chi connectivity index (χ1) is 13.1. The van der Waals surface area contributed by atoms with Crippen LogP contribution in [0.1, 0.15) is 18.4 Å². The maximum absolute atomic E-state index is 4.71. The van der Waals surface area contributed by atoms with Crippen molar-refractivity contribution in [2.24, 2.45) is 7.05 Å². The molecular weight excluding hydrogens is 360 g/mol. The summed E-state index contributed by atoms with van der Waals surface area (Å²) in [6, 6.07) is 2.11. The summed E-state index contributed by atoms with van der Waals surface area (Å²) < 4.78 is 1.81. The van der Waals surface area contributed by atoms with Gasteiger partial charge in [-0.1, -0.05) is 18.7 Å². The van der Waals surface area contributed by atoms with Crippen molar-refractivity contribution in [3.8, 4) is 0 Å². The molecule has 0 atom stereocenters. The molecule has 0 radical (unpaired) electrons. The van der Waals surface area contributed by atoms with Crippen molar-refractivity contribution in [1.29, 1.82) is 0 Å². The summed E-state index contributed by atoms with van der Waals surface area (Å²) in [6.07, 6.45) is 4.80. The highest BCUT2D eigenvalue weighted by molar-refractivity contribution is 7.98. The summed E-state index contributed by atoms with van der Waals surface area (Å²) in [7, 11) is 1.92. The first-order valence-corrected chi connectivity index (χ1v) is 10.4. The molecule has 1 aliphatic rings. The average Bonchev–Trinajstić information content (AvgIpc) is 3.07. The molecule has 0 bridgehead atoms. The number of aryl methyl sites for hydroxylation is 3. The van der Waals surface area contributed by atoms with Gasteiger partial charge in [0.1, 0.15) is 17.5 Å². The molecule has 0 saturated carbocycles. The molecule has 0 unspecified atom stereocenters. The zero-order chi connectivity index (χ0) is 19.0. The number of aromatic nitrogens is 6. The smallest absolute Gasteiger partial charge is 0.189 e. The lowest BCUT2D eigenvalue weighted by molar-refractivity contribution is 0.637. The van der Waals surface area contributed by atoms with Gasteiger partial charge in [0.2, 0.25) is 0 Å². The predicted octanol–water partition coefficient (Wildman–Crippen LogP) is 2.07. The number of thioether (sulfide) groups is 1. The van der Waals surface area contributed by atoms with Crippen LogP contribution >= 0.6 is 11.8 Å². The molecule has 1 fully saturated rings. The molecule has 142 valence electrons. The van der Waals surface area contributed by atoms with Gasteiger partial charge in [-0.2, -0.15) is 5.10 Å². The summed E-state index contributed by atoms with van der Waals surface area (Å²) in [6.45, 7) is 7.65. The minimum atomic E-state index is 0.775. The molecule has 3 aromatic rings. The second kappa shape index (κ2) is 7.30. The Morgan fingerprint density at radius 1 is 1.04 bits per heavy atom. The highest BCUT2D eigenvalue weighted by Crippen LogP contribution is 2.26. The van der Waals surface area contributed by atoms with E-state index in [9.17, 15) is 0 Å². The van der Waals surface area contributed by atoms with Gasteiger partial charge in [0, 0.05) is 45.0 Å². The number of rotatable bonds is 4. The third kappa shape index (κ3) is 3.43. The van der Waals surface area contributed by atoms with Crippen LogP contribution in [0, 0.1) is 6.92 Å². The average molecular weight is 385 g/mol. The number of hydrogen-bond acceptors (Lipinski definition) is 8. The van der Waals surface area contributed by atoms with Crippen LogP contribution in [0.4, 0.5) is 11.6 Å². The molecule has 8 nitrogen and oxygen atoms in total. The molecule has 27 heavy (non-hydrogen) atoms. The van der Waals surface area contributed by atoms with Gasteiger partial charge in [-0.15, -0.1) is 0 Å². The fourth-order valence-corrected chi connectivity index (χ4v) is 3.79. The summed E-state index contributed by atoms with van der Waals surface area (Å²) in [5.74, 6) is 2.78. The second-order valence-corrected chi connectivity index (χ2v) is 7.41. The molecule has 4 heterocycles. The summed E-state index contributed by atoms with van der Waals surface area (Å²) >= 11 is 1.59. The minimum Gasteiger partial charge on any atom is -0.353 e. The van der Waals surface area contributed by atoms with E-state index in [0.29, 0.717) is 0 Å². The number of anilines is 2. The number of fused-ring (bicyclic) bond motifs is 1. The zero-order valence-electron chi connectivity index (χ0n) is 16.2. The Bertz CT molecular complexity index is 939. The van der Waals surface area contributed by atoms with E-state index in [2.05, 4.69) is 37.9 Å². The molecule has 4 rings (SSSR count). The zero-order valence-corrected chi connectivity index (χ0v) is 17.0. The van der Waals surface area contributed by atoms with Crippen LogP contribution < -0.4 is 9.80 Å². The number of piperazine rings is 1. The van der Waals surface area contributed by atoms with Crippen molar-refractivity contribution in [1.82, 2.24) is 29.7 Å². The topological polar surface area (TPSA) is 75.9 Å². The van der Waals surface area contributed by atoms with E-state index in [1.165, 1.54) is 0 Å². The van der Waals surface area contributed by atoms with Crippen molar-refractivity contribution < 1.29 is 0 Å². The van der Waals surface area contributed by atoms with Crippen LogP contribution in [-0.4, -0.2) is 62.2 Å². The predicted molar refractivity (Wildman–Crippen MR) is 109 cm³/mol. The fraction of sp³-hybridized carbons (Fsp3) is 0.500. The Hall–Kier alpha value is -2.42. The number of hydrogen-bond donors (Lipinski definition) is 0. The van der Waals surface area contributed by atoms with E-state index < -0.39 is 0 Å². The molecule has 0 aromatic carbocycles. The van der Waals surface area contributed by atoms with Crippen LogP contribution in [0.25, 0.3) is 11.0 Å². The van der Waals surface area contributed by atoms with Crippen molar-refractivity contribution in [3.63, 3.8) is 0 Å². The third-order valence-electron chi connectivity index (χ3n) is 4.88. The van der Waals surface area contributed by atoms with E-state index in [1.807, 2.05) is 26.4 Å². The van der Waals surface area contributed by atoms with Crippen LogP contribution in [-0.2, 0) is 13.5 Å². The van der Waals surface area contributed by atoms with Gasteiger partial charge >= 0.3 is 0 Å². The van der Waals surface area contributed by atoms with Gasteiger partial charge in [-0.25, -0.2) is 19.9 Å². The summed E-state index contributed by atoms with van der Waals surface area (Å²) in [4.78, 5) is 23.2. The monoisotopic (exact) mass is 384 g/mol. The molecular formula is C18H24N8S. The van der Waals surface area contributed by atoms with Crippen LogP contribution in [0.3, 0.4) is 0 Å². The van der Waals surface area contributed by atoms with Gasteiger partial charge in [0.15, 0.2) is 10.8 Å². The van der Waals surface area contributed by atoms with Gasteiger partial charge in [0.25, 0.3) is 0 Å². The second-order valence-electron chi connectivity index (χ2n) is 6.63. The molecule has 1 saturated heterocycles. The Morgan fingerprint density at radius 3 is 2.48 bits per heavy atom. The summed E-state index contributed by atoms with van der Waals surface area (Å²) in [5.41, 5.74) is 1.98. The minimum absolute atomic E-state index is 0.775. The quantitative estimate of drug-likeness (QED) is 0.500. The maximum Gasteiger partial charge on any atom is 0.189 e. The highest BCUT2D eigenvalue weighted by Gasteiger charge is 2.23. The van der Waals surface area contributed by atoms with Gasteiger partial charge in [0.05, 0.1) is 11.6 Å². The van der Waals surface area contributed by atoms with Crippen molar-refractivity contribution in [2.75, 3.05) is 42.2 Å². The summed E-state index contributed by atoms with van der Waals surface area (Å²) in [5, 5.41) is 6.20. The van der Waals surface area contributed by atoms with Crippen molar-refractivity contribution in [3.05, 3.63) is 23.8 Å². The Labute approximate surface area is 163 Å². The highest BCUT2D eigenvalue weighted by atomic mass is 32.2. The van der Waals surface area contributed by atoms with E-state index in [4.69, 9.17) is 9.97 Å². The fourth-order valence-electron chi connectivity index (χ4n) is 3.40. The standard InChI is InChI=1S/C18H24N8S/c1-5-13-10-15(23-18(22-13)27-4)25-6-8-26(9-7-25)17-14-11-19-24(3)16(14)20-12(2)21-17/h10-11H,5-9H2,1-4H3. The van der Waals surface area contributed by atoms with Gasteiger partial charge in [-0.3, -0.25) is 4.68 Å². The Kier molecular flexibility index (Phi) is 4.86. The molecule has 1 aliphatic heterocycles. The van der Waals surface area contributed by atoms with E-state index in [1.54, 1.807) is 16.4 Å². The van der Waals surface area contributed by atoms with E-state index in [-0.39, 0.29) is 0 Å². The molecule has 9 heteroatoms. The molecule has 0 aliphatic carbocycles. The molecule has 0 spiro atoms. The first kappa shape index (κ1) is 18.0. The van der Waals surface area contributed by atoms with Crippen molar-refractivity contribution in [2.45, 2.75) is 25.4 Å². The first-order valence-electron chi connectivity index (χ1n) is 9.17. The van der Waals surface area contributed by atoms with E-state index in [0.717, 1.165) is 71.9 Å². The van der Waals surface area contributed by atoms with Crippen molar-refractivity contribution >= 4 is 34.4 Å². The normalized spacial score (nSPS) is 15.0. The number of nitrogens with zero attached hydrogens (tertiary/aromatic N) is 8.